The summed E-state index contributed by atoms with van der Waals surface area (Å²) in [6.07, 6.45) is 3.04. The molecule has 5 atom stereocenters. The van der Waals surface area contributed by atoms with Gasteiger partial charge in [-0.15, -0.1) is 11.3 Å². The third-order valence-electron chi connectivity index (χ3n) is 6.88. The van der Waals surface area contributed by atoms with Crippen molar-refractivity contribution in [3.8, 4) is 5.75 Å². The van der Waals surface area contributed by atoms with Crippen LogP contribution in [0.3, 0.4) is 0 Å². The summed E-state index contributed by atoms with van der Waals surface area (Å²) >= 11 is 1.38. The van der Waals surface area contributed by atoms with Crippen LogP contribution in [0.2, 0.25) is 0 Å². The number of carbonyl (C=O) groups excluding carboxylic acids is 2. The van der Waals surface area contributed by atoms with Crippen molar-refractivity contribution in [3.63, 3.8) is 0 Å². The van der Waals surface area contributed by atoms with Crippen LogP contribution in [0.4, 0.5) is 5.13 Å². The van der Waals surface area contributed by atoms with E-state index in [9.17, 15) is 9.59 Å². The Morgan fingerprint density at radius 1 is 1.19 bits per heavy atom. The van der Waals surface area contributed by atoms with Crippen molar-refractivity contribution in [1.29, 1.82) is 0 Å². The molecule has 0 spiro atoms. The van der Waals surface area contributed by atoms with E-state index >= 15 is 0 Å². The smallest absolute Gasteiger partial charge is 0.296 e. The number of thiazole rings is 1. The zero-order valence-corrected chi connectivity index (χ0v) is 19.6. The van der Waals surface area contributed by atoms with Crippen LogP contribution in [0, 0.1) is 17.8 Å². The van der Waals surface area contributed by atoms with Crippen LogP contribution < -0.4 is 9.64 Å². The lowest BCUT2D eigenvalue weighted by Crippen LogP contribution is -2.43. The molecule has 1 aromatic carbocycles. The molecule has 168 valence electrons. The molecule has 5 rings (SSSR count). The molecule has 0 saturated heterocycles. The summed E-state index contributed by atoms with van der Waals surface area (Å²) in [7, 11) is 0. The lowest BCUT2D eigenvalue weighted by Gasteiger charge is -2.40. The topological polar surface area (TPSA) is 68.7 Å². The second-order valence-electron chi connectivity index (χ2n) is 9.43. The van der Waals surface area contributed by atoms with Crippen LogP contribution in [-0.2, 0) is 14.3 Å². The molecule has 3 aliphatic rings. The molecule has 0 N–H and O–H groups in total. The number of ketones is 1. The molecule has 1 aliphatic carbocycles. The molecule has 0 radical (unpaired) electrons. The Bertz CT molecular complexity index is 1080. The lowest BCUT2D eigenvalue weighted by molar-refractivity contribution is -0.134. The summed E-state index contributed by atoms with van der Waals surface area (Å²) in [5.41, 5.74) is 1.29. The summed E-state index contributed by atoms with van der Waals surface area (Å²) in [6.45, 7) is 8.33. The van der Waals surface area contributed by atoms with Gasteiger partial charge in [-0.05, 0) is 56.2 Å². The number of nitrogens with zero attached hydrogens (tertiary/aromatic N) is 2. The molecule has 1 aromatic heterocycles. The van der Waals surface area contributed by atoms with Gasteiger partial charge in [-0.25, -0.2) is 4.98 Å². The fourth-order valence-electron chi connectivity index (χ4n) is 5.14. The number of benzene rings is 1. The number of Topliss-reactive ketones (excluding diaryl/α,β-unsaturated/α-hetero) is 1. The van der Waals surface area contributed by atoms with E-state index in [1.165, 1.54) is 11.3 Å². The van der Waals surface area contributed by atoms with Gasteiger partial charge in [0.2, 0.25) is 0 Å². The molecule has 2 aliphatic heterocycles. The Morgan fingerprint density at radius 2 is 1.97 bits per heavy atom. The Hall–Kier alpha value is -2.67. The average Bonchev–Trinajstić information content (AvgIpc) is 3.36. The van der Waals surface area contributed by atoms with Gasteiger partial charge in [-0.2, -0.15) is 0 Å². The Labute approximate surface area is 192 Å². The van der Waals surface area contributed by atoms with Crippen LogP contribution in [0.15, 0.2) is 47.2 Å². The molecule has 1 fully saturated rings. The maximum Gasteiger partial charge on any atom is 0.296 e. The number of hydrogen-bond donors (Lipinski definition) is 0. The number of anilines is 1. The van der Waals surface area contributed by atoms with Crippen molar-refractivity contribution < 1.29 is 19.1 Å². The SMILES string of the molecule is CC(C)Oc1cccc(C2C3=C(OC4CC(C)C(C)CC4C3=O)C(=O)N2c2nccs2)c1. The predicted molar refractivity (Wildman–Crippen MR) is 123 cm³/mol. The predicted octanol–water partition coefficient (Wildman–Crippen LogP) is 4.92. The highest BCUT2D eigenvalue weighted by Crippen LogP contribution is 2.50. The van der Waals surface area contributed by atoms with E-state index in [1.54, 1.807) is 11.1 Å². The van der Waals surface area contributed by atoms with Crippen LogP contribution in [0.5, 0.6) is 5.75 Å². The van der Waals surface area contributed by atoms with Gasteiger partial charge in [0.25, 0.3) is 5.91 Å². The second-order valence-corrected chi connectivity index (χ2v) is 10.3. The molecule has 1 amide bonds. The minimum absolute atomic E-state index is 0.0198. The van der Waals surface area contributed by atoms with Crippen LogP contribution in [-0.4, -0.2) is 28.9 Å². The summed E-state index contributed by atoms with van der Waals surface area (Å²) in [5, 5.41) is 2.40. The third kappa shape index (κ3) is 3.43. The zero-order valence-electron chi connectivity index (χ0n) is 18.8. The number of carbonyl (C=O) groups is 2. The van der Waals surface area contributed by atoms with Gasteiger partial charge in [0.1, 0.15) is 11.9 Å². The van der Waals surface area contributed by atoms with Crippen molar-refractivity contribution in [3.05, 3.63) is 52.7 Å². The molecular formula is C25H28N2O4S. The second kappa shape index (κ2) is 8.03. The lowest BCUT2D eigenvalue weighted by atomic mass is 9.70. The highest BCUT2D eigenvalue weighted by atomic mass is 32.1. The van der Waals surface area contributed by atoms with E-state index in [-0.39, 0.29) is 35.6 Å². The van der Waals surface area contributed by atoms with Crippen molar-refractivity contribution in [2.24, 2.45) is 17.8 Å². The van der Waals surface area contributed by atoms with Crippen LogP contribution >= 0.6 is 11.3 Å². The normalized spacial score (nSPS) is 29.8. The Kier molecular flexibility index (Phi) is 5.32. The van der Waals surface area contributed by atoms with Crippen LogP contribution in [0.25, 0.3) is 0 Å². The van der Waals surface area contributed by atoms with Gasteiger partial charge in [-0.3, -0.25) is 14.5 Å². The Balaban J connectivity index is 1.61. The summed E-state index contributed by atoms with van der Waals surface area (Å²) in [4.78, 5) is 33.4. The highest BCUT2D eigenvalue weighted by Gasteiger charge is 2.54. The summed E-state index contributed by atoms with van der Waals surface area (Å²) < 4.78 is 12.2. The fraction of sp³-hybridized carbons (Fsp3) is 0.480. The molecule has 1 saturated carbocycles. The van der Waals surface area contributed by atoms with E-state index in [0.717, 1.165) is 18.4 Å². The van der Waals surface area contributed by atoms with Gasteiger partial charge in [0, 0.05) is 11.6 Å². The molecule has 5 unspecified atom stereocenters. The minimum atomic E-state index is -0.567. The van der Waals surface area contributed by atoms with Crippen molar-refractivity contribution in [1.82, 2.24) is 4.98 Å². The number of ether oxygens (including phenoxy) is 2. The summed E-state index contributed by atoms with van der Waals surface area (Å²) in [5.74, 6) is 1.36. The summed E-state index contributed by atoms with van der Waals surface area (Å²) in [6, 6.07) is 7.08. The van der Waals surface area contributed by atoms with Gasteiger partial charge < -0.3 is 9.47 Å². The first-order valence-corrected chi connectivity index (χ1v) is 12.2. The van der Waals surface area contributed by atoms with Crippen molar-refractivity contribution in [2.45, 2.75) is 58.8 Å². The van der Waals surface area contributed by atoms with E-state index in [2.05, 4.69) is 18.8 Å². The molecule has 32 heavy (non-hydrogen) atoms. The fourth-order valence-corrected chi connectivity index (χ4v) is 5.81. The van der Waals surface area contributed by atoms with Crippen molar-refractivity contribution >= 4 is 28.2 Å². The maximum absolute atomic E-state index is 13.8. The average molecular weight is 453 g/mol. The van der Waals surface area contributed by atoms with Crippen LogP contribution in [0.1, 0.15) is 52.1 Å². The molecule has 2 aromatic rings. The monoisotopic (exact) mass is 452 g/mol. The number of aromatic nitrogens is 1. The molecule has 7 heteroatoms. The number of amides is 1. The quantitative estimate of drug-likeness (QED) is 0.658. The van der Waals surface area contributed by atoms with E-state index in [1.807, 2.05) is 43.5 Å². The first-order chi connectivity index (χ1) is 15.3. The van der Waals surface area contributed by atoms with Gasteiger partial charge in [-0.1, -0.05) is 26.0 Å². The molecule has 6 nitrogen and oxygen atoms in total. The van der Waals surface area contributed by atoms with Gasteiger partial charge in [0.05, 0.1) is 23.6 Å². The number of fused-ring (bicyclic) bond motifs is 1. The van der Waals surface area contributed by atoms with E-state index in [4.69, 9.17) is 9.47 Å². The minimum Gasteiger partial charge on any atom is -0.491 e. The molecule has 3 heterocycles. The van der Waals surface area contributed by atoms with E-state index in [0.29, 0.717) is 28.3 Å². The Morgan fingerprint density at radius 3 is 2.69 bits per heavy atom. The third-order valence-corrected chi connectivity index (χ3v) is 7.65. The largest absolute Gasteiger partial charge is 0.491 e. The van der Waals surface area contributed by atoms with Gasteiger partial charge in [0.15, 0.2) is 16.7 Å². The first-order valence-electron chi connectivity index (χ1n) is 11.3. The highest BCUT2D eigenvalue weighted by molar-refractivity contribution is 7.13. The first kappa shape index (κ1) is 21.2. The zero-order chi connectivity index (χ0) is 22.6. The standard InChI is InChI=1S/C25H28N2O4S/c1-13(2)30-17-7-5-6-16(12-17)21-20-22(28)18-10-14(3)15(4)11-19(18)31-23(20)24(29)27(21)25-26-8-9-32-25/h5-9,12-15,18-19,21H,10-11H2,1-4H3. The number of rotatable bonds is 4. The maximum atomic E-state index is 13.8. The van der Waals surface area contributed by atoms with E-state index < -0.39 is 6.04 Å². The van der Waals surface area contributed by atoms with Crippen molar-refractivity contribution in [2.75, 3.05) is 4.90 Å². The van der Waals surface area contributed by atoms with Gasteiger partial charge >= 0.3 is 0 Å². The number of hydrogen-bond acceptors (Lipinski definition) is 6. The molecule has 0 bridgehead atoms. The molecular weight excluding hydrogens is 424 g/mol.